The van der Waals surface area contributed by atoms with E-state index in [0.717, 1.165) is 22.6 Å². The minimum absolute atomic E-state index is 0.331. The minimum atomic E-state index is -3.17. The van der Waals surface area contributed by atoms with Crippen LogP contribution in [-0.4, -0.2) is 48.3 Å². The average Bonchev–Trinajstić information content (AvgIpc) is 2.40. The Morgan fingerprint density at radius 3 is 2.70 bits per heavy atom. The number of aromatic nitrogens is 2. The van der Waals surface area contributed by atoms with Crippen molar-refractivity contribution in [2.24, 2.45) is 5.73 Å². The molecule has 2 rings (SSSR count). The smallest absolute Gasteiger partial charge is 0.169 e. The second-order valence-electron chi connectivity index (χ2n) is 4.97. The van der Waals surface area contributed by atoms with Gasteiger partial charge in [0.15, 0.2) is 15.7 Å². The molecule has 0 amide bonds. The van der Waals surface area contributed by atoms with E-state index in [4.69, 9.17) is 5.73 Å². The molecule has 1 unspecified atom stereocenters. The zero-order chi connectivity index (χ0) is 14.9. The van der Waals surface area contributed by atoms with Gasteiger partial charge in [-0.3, -0.25) is 0 Å². The van der Waals surface area contributed by atoms with Gasteiger partial charge >= 0.3 is 0 Å². The molecular weight excluding hydrogens is 296 g/mol. The van der Waals surface area contributed by atoms with Crippen molar-refractivity contribution in [3.8, 4) is 0 Å². The number of nitrogens with two attached hydrogens (primary N) is 1. The number of nitrogens with zero attached hydrogens (tertiary/aromatic N) is 3. The highest BCUT2D eigenvalue weighted by Crippen LogP contribution is 2.29. The van der Waals surface area contributed by atoms with Gasteiger partial charge in [0.1, 0.15) is 5.37 Å². The van der Waals surface area contributed by atoms with E-state index >= 15 is 0 Å². The minimum Gasteiger partial charge on any atom is -0.336 e. The van der Waals surface area contributed by atoms with Crippen molar-refractivity contribution in [2.75, 3.05) is 29.2 Å². The molecule has 0 saturated carbocycles. The lowest BCUT2D eigenvalue weighted by molar-refractivity contribution is 0.582. The van der Waals surface area contributed by atoms with Crippen LogP contribution in [0.15, 0.2) is 0 Å². The largest absolute Gasteiger partial charge is 0.336 e. The molecule has 0 radical (unpaired) electrons. The van der Waals surface area contributed by atoms with Crippen molar-refractivity contribution >= 4 is 27.4 Å². The third-order valence-electron chi connectivity index (χ3n) is 3.61. The van der Waals surface area contributed by atoms with E-state index in [2.05, 4.69) is 10.2 Å². The fourth-order valence-corrected chi connectivity index (χ4v) is 5.12. The summed E-state index contributed by atoms with van der Waals surface area (Å²) in [6, 6.07) is 0. The van der Waals surface area contributed by atoms with Crippen molar-refractivity contribution in [1.29, 1.82) is 0 Å². The molecule has 1 aromatic heterocycles. The maximum Gasteiger partial charge on any atom is 0.169 e. The summed E-state index contributed by atoms with van der Waals surface area (Å²) < 4.78 is 24.0. The van der Waals surface area contributed by atoms with E-state index < -0.39 is 15.2 Å². The van der Waals surface area contributed by atoms with Crippen LogP contribution >= 0.6 is 11.8 Å². The normalized spacial score (nSPS) is 20.2. The SMILES string of the molecule is Cc1nnc(N2CCSCC2S(C)(=O)=O)c(CN)c1C. The van der Waals surface area contributed by atoms with Gasteiger partial charge in [-0.1, -0.05) is 0 Å². The van der Waals surface area contributed by atoms with E-state index in [9.17, 15) is 8.42 Å². The highest BCUT2D eigenvalue weighted by Gasteiger charge is 2.33. The van der Waals surface area contributed by atoms with Crippen LogP contribution in [0.4, 0.5) is 5.82 Å². The molecule has 2 N–H and O–H groups in total. The van der Waals surface area contributed by atoms with E-state index in [0.29, 0.717) is 24.7 Å². The summed E-state index contributed by atoms with van der Waals surface area (Å²) in [5.41, 5.74) is 8.54. The molecule has 0 aromatic carbocycles. The number of hydrogen-bond acceptors (Lipinski definition) is 7. The molecule has 1 aliphatic rings. The standard InChI is InChI=1S/C12H20N4O2S2/c1-8-9(2)14-15-12(10(8)6-13)16-4-5-19-7-11(16)20(3,17)18/h11H,4-7,13H2,1-3H3. The van der Waals surface area contributed by atoms with Crippen LogP contribution in [0.25, 0.3) is 0 Å². The summed E-state index contributed by atoms with van der Waals surface area (Å²) in [5.74, 6) is 2.05. The van der Waals surface area contributed by atoms with Gasteiger partial charge in [-0.05, 0) is 19.4 Å². The Balaban J connectivity index is 2.51. The molecule has 1 aliphatic heterocycles. The Hall–Kier alpha value is -0.860. The van der Waals surface area contributed by atoms with Crippen LogP contribution in [0, 0.1) is 13.8 Å². The summed E-state index contributed by atoms with van der Waals surface area (Å²) in [6.45, 7) is 4.81. The topological polar surface area (TPSA) is 89.2 Å². The molecule has 8 heteroatoms. The zero-order valence-electron chi connectivity index (χ0n) is 12.0. The first-order valence-corrected chi connectivity index (χ1v) is 9.53. The van der Waals surface area contributed by atoms with Crippen molar-refractivity contribution in [3.63, 3.8) is 0 Å². The lowest BCUT2D eigenvalue weighted by Gasteiger charge is -2.36. The molecule has 1 aromatic rings. The van der Waals surface area contributed by atoms with Crippen LogP contribution < -0.4 is 10.6 Å². The first-order valence-electron chi connectivity index (χ1n) is 6.42. The van der Waals surface area contributed by atoms with Crippen LogP contribution in [0.2, 0.25) is 0 Å². The molecule has 0 bridgehead atoms. The number of anilines is 1. The van der Waals surface area contributed by atoms with E-state index in [1.807, 2.05) is 18.7 Å². The van der Waals surface area contributed by atoms with Crippen LogP contribution in [0.5, 0.6) is 0 Å². The monoisotopic (exact) mass is 316 g/mol. The van der Waals surface area contributed by atoms with Gasteiger partial charge in [-0.25, -0.2) is 8.42 Å². The molecule has 1 saturated heterocycles. The van der Waals surface area contributed by atoms with E-state index in [1.165, 1.54) is 6.26 Å². The fourth-order valence-electron chi connectivity index (χ4n) is 2.30. The Bertz CT molecular complexity index is 604. The highest BCUT2D eigenvalue weighted by atomic mass is 32.2. The predicted octanol–water partition coefficient (Wildman–Crippen LogP) is 0.476. The van der Waals surface area contributed by atoms with Crippen molar-refractivity contribution in [1.82, 2.24) is 10.2 Å². The second kappa shape index (κ2) is 5.87. The Morgan fingerprint density at radius 2 is 2.10 bits per heavy atom. The highest BCUT2D eigenvalue weighted by molar-refractivity contribution is 8.01. The summed E-state index contributed by atoms with van der Waals surface area (Å²) >= 11 is 1.65. The molecule has 0 spiro atoms. The van der Waals surface area contributed by atoms with Crippen molar-refractivity contribution in [2.45, 2.75) is 25.8 Å². The van der Waals surface area contributed by atoms with Gasteiger partial charge in [-0.15, -0.1) is 5.10 Å². The Labute approximate surface area is 124 Å². The number of rotatable bonds is 3. The third kappa shape index (κ3) is 2.91. The number of sulfone groups is 1. The molecule has 2 heterocycles. The first-order chi connectivity index (χ1) is 9.36. The van der Waals surface area contributed by atoms with Crippen LogP contribution in [-0.2, 0) is 16.4 Å². The lowest BCUT2D eigenvalue weighted by Crippen LogP contribution is -2.48. The van der Waals surface area contributed by atoms with Crippen molar-refractivity contribution < 1.29 is 8.42 Å². The predicted molar refractivity (Wildman–Crippen MR) is 82.7 cm³/mol. The Morgan fingerprint density at radius 1 is 1.40 bits per heavy atom. The zero-order valence-corrected chi connectivity index (χ0v) is 13.6. The van der Waals surface area contributed by atoms with Crippen molar-refractivity contribution in [3.05, 3.63) is 16.8 Å². The molecular formula is C12H20N4O2S2. The average molecular weight is 316 g/mol. The first kappa shape index (κ1) is 15.5. The maximum absolute atomic E-state index is 12.0. The quantitative estimate of drug-likeness (QED) is 0.867. The molecule has 1 fully saturated rings. The summed E-state index contributed by atoms with van der Waals surface area (Å²) in [5, 5.41) is 7.80. The van der Waals surface area contributed by atoms with Gasteiger partial charge in [0.25, 0.3) is 0 Å². The number of thioether (sulfide) groups is 1. The van der Waals surface area contributed by atoms with Crippen LogP contribution in [0.3, 0.4) is 0 Å². The Kier molecular flexibility index (Phi) is 4.55. The number of hydrogen-bond donors (Lipinski definition) is 1. The molecule has 0 aliphatic carbocycles. The lowest BCUT2D eigenvalue weighted by atomic mass is 10.1. The molecule has 112 valence electrons. The maximum atomic E-state index is 12.0. The summed E-state index contributed by atoms with van der Waals surface area (Å²) in [7, 11) is -3.17. The van der Waals surface area contributed by atoms with Gasteiger partial charge in [0.2, 0.25) is 0 Å². The molecule has 1 atom stereocenters. The molecule has 6 nitrogen and oxygen atoms in total. The van der Waals surface area contributed by atoms with Gasteiger partial charge in [0.05, 0.1) is 5.69 Å². The van der Waals surface area contributed by atoms with Gasteiger partial charge in [0, 0.05) is 36.4 Å². The third-order valence-corrected chi connectivity index (χ3v) is 6.26. The summed E-state index contributed by atoms with van der Waals surface area (Å²) in [4.78, 5) is 1.84. The second-order valence-corrected chi connectivity index (χ2v) is 8.32. The fraction of sp³-hybridized carbons (Fsp3) is 0.667. The summed E-state index contributed by atoms with van der Waals surface area (Å²) in [6.07, 6.45) is 1.27. The van der Waals surface area contributed by atoms with Gasteiger partial charge < -0.3 is 10.6 Å². The van der Waals surface area contributed by atoms with E-state index in [1.54, 1.807) is 11.8 Å². The van der Waals surface area contributed by atoms with E-state index in [-0.39, 0.29) is 0 Å². The molecule has 20 heavy (non-hydrogen) atoms. The van der Waals surface area contributed by atoms with Gasteiger partial charge in [-0.2, -0.15) is 16.9 Å². The number of aryl methyl sites for hydroxylation is 1. The van der Waals surface area contributed by atoms with Crippen LogP contribution in [0.1, 0.15) is 16.8 Å².